The third-order valence-electron chi connectivity index (χ3n) is 3.97. The van der Waals surface area contributed by atoms with Gasteiger partial charge in [-0.1, -0.05) is 74.5 Å². The molecule has 0 aromatic heterocycles. The number of aliphatic hydroxyl groups is 1. The monoisotopic (exact) mass is 268 g/mol. The van der Waals surface area contributed by atoms with Gasteiger partial charge in [-0.3, -0.25) is 0 Å². The van der Waals surface area contributed by atoms with E-state index in [4.69, 9.17) is 0 Å². The Kier molecular flexibility index (Phi) is 5.37. The van der Waals surface area contributed by atoms with E-state index in [9.17, 15) is 5.11 Å². The predicted octanol–water partition coefficient (Wildman–Crippen LogP) is 4.10. The van der Waals surface area contributed by atoms with E-state index in [0.29, 0.717) is 0 Å². The second-order valence-corrected chi connectivity index (χ2v) is 5.82. The first-order chi connectivity index (χ1) is 9.66. The Morgan fingerprint density at radius 2 is 1.05 bits per heavy atom. The second kappa shape index (κ2) is 7.25. The first-order valence-corrected chi connectivity index (χ1v) is 7.42. The van der Waals surface area contributed by atoms with E-state index in [1.807, 2.05) is 12.1 Å². The zero-order valence-electron chi connectivity index (χ0n) is 12.4. The molecule has 0 bridgehead atoms. The lowest BCUT2D eigenvalue weighted by Crippen LogP contribution is -2.28. The van der Waals surface area contributed by atoms with Crippen LogP contribution >= 0.6 is 0 Å². The Balaban J connectivity index is 1.91. The molecule has 2 rings (SSSR count). The highest BCUT2D eigenvalue weighted by atomic mass is 16.3. The van der Waals surface area contributed by atoms with E-state index in [1.54, 1.807) is 0 Å². The van der Waals surface area contributed by atoms with Crippen molar-refractivity contribution >= 4 is 0 Å². The molecule has 2 aromatic rings. The van der Waals surface area contributed by atoms with Crippen LogP contribution in [0.2, 0.25) is 0 Å². The summed E-state index contributed by atoms with van der Waals surface area (Å²) in [5.41, 5.74) is 2.59. The second-order valence-electron chi connectivity index (χ2n) is 5.82. The van der Waals surface area contributed by atoms with Gasteiger partial charge in [0.25, 0.3) is 0 Å². The van der Waals surface area contributed by atoms with Crippen LogP contribution in [0.3, 0.4) is 0 Å². The maximum Gasteiger partial charge on any atom is 0.0597 e. The molecule has 0 saturated carbocycles. The van der Waals surface area contributed by atoms with Crippen molar-refractivity contribution in [2.24, 2.45) is 11.8 Å². The van der Waals surface area contributed by atoms with Crippen molar-refractivity contribution in [3.63, 3.8) is 0 Å². The topological polar surface area (TPSA) is 20.2 Å². The maximum absolute atomic E-state index is 10.5. The highest BCUT2D eigenvalue weighted by Gasteiger charge is 2.21. The molecule has 2 aromatic carbocycles. The van der Waals surface area contributed by atoms with Crippen LogP contribution in [0.15, 0.2) is 60.7 Å². The lowest BCUT2D eigenvalue weighted by atomic mass is 9.85. The van der Waals surface area contributed by atoms with Crippen molar-refractivity contribution in [3.05, 3.63) is 71.8 Å². The van der Waals surface area contributed by atoms with Gasteiger partial charge in [0, 0.05) is 0 Å². The highest BCUT2D eigenvalue weighted by molar-refractivity contribution is 5.17. The molecule has 20 heavy (non-hydrogen) atoms. The summed E-state index contributed by atoms with van der Waals surface area (Å²) in [6, 6.07) is 20.8. The predicted molar refractivity (Wildman–Crippen MR) is 84.6 cm³/mol. The number of rotatable bonds is 6. The van der Waals surface area contributed by atoms with Gasteiger partial charge < -0.3 is 5.11 Å². The quantitative estimate of drug-likeness (QED) is 0.836. The van der Waals surface area contributed by atoms with Crippen molar-refractivity contribution in [2.45, 2.75) is 32.8 Å². The molecule has 1 heteroatoms. The van der Waals surface area contributed by atoms with Crippen LogP contribution in [-0.4, -0.2) is 11.2 Å². The Morgan fingerprint density at radius 1 is 0.700 bits per heavy atom. The first-order valence-electron chi connectivity index (χ1n) is 7.42. The molecule has 1 N–H and O–H groups in total. The third kappa shape index (κ3) is 4.21. The van der Waals surface area contributed by atoms with E-state index >= 15 is 0 Å². The van der Waals surface area contributed by atoms with E-state index in [-0.39, 0.29) is 17.9 Å². The van der Waals surface area contributed by atoms with Crippen LogP contribution in [-0.2, 0) is 12.8 Å². The summed E-state index contributed by atoms with van der Waals surface area (Å²) in [6.45, 7) is 4.28. The summed E-state index contributed by atoms with van der Waals surface area (Å²) >= 11 is 0. The minimum atomic E-state index is -0.268. The Hall–Kier alpha value is -1.60. The largest absolute Gasteiger partial charge is 0.393 e. The maximum atomic E-state index is 10.5. The van der Waals surface area contributed by atoms with Crippen molar-refractivity contribution in [1.29, 1.82) is 0 Å². The van der Waals surface area contributed by atoms with Gasteiger partial charge in [-0.25, -0.2) is 0 Å². The molecule has 0 aliphatic heterocycles. The molecule has 106 valence electrons. The van der Waals surface area contributed by atoms with E-state index in [1.165, 1.54) is 11.1 Å². The zero-order valence-corrected chi connectivity index (χ0v) is 12.4. The van der Waals surface area contributed by atoms with Crippen molar-refractivity contribution in [3.8, 4) is 0 Å². The number of hydrogen-bond acceptors (Lipinski definition) is 1. The van der Waals surface area contributed by atoms with Gasteiger partial charge in [-0.2, -0.15) is 0 Å². The van der Waals surface area contributed by atoms with Gasteiger partial charge in [0.05, 0.1) is 6.10 Å². The average Bonchev–Trinajstić information content (AvgIpc) is 2.48. The summed E-state index contributed by atoms with van der Waals surface area (Å²) in [4.78, 5) is 0. The molecule has 0 aliphatic carbocycles. The molecule has 0 fully saturated rings. The summed E-state index contributed by atoms with van der Waals surface area (Å²) in [5, 5.41) is 10.5. The van der Waals surface area contributed by atoms with Crippen LogP contribution in [0.5, 0.6) is 0 Å². The first kappa shape index (κ1) is 14.8. The lowest BCUT2D eigenvalue weighted by molar-refractivity contribution is 0.0649. The Bertz CT molecular complexity index is 444. The van der Waals surface area contributed by atoms with Gasteiger partial charge in [-0.15, -0.1) is 0 Å². The molecule has 2 atom stereocenters. The smallest absolute Gasteiger partial charge is 0.0597 e. The molecule has 0 amide bonds. The molecule has 0 spiro atoms. The highest BCUT2D eigenvalue weighted by Crippen LogP contribution is 2.21. The molecular formula is C19H24O. The fraction of sp³-hybridized carbons (Fsp3) is 0.368. The molecule has 0 heterocycles. The zero-order chi connectivity index (χ0) is 14.4. The third-order valence-corrected chi connectivity index (χ3v) is 3.97. The summed E-state index contributed by atoms with van der Waals surface area (Å²) in [7, 11) is 0. The van der Waals surface area contributed by atoms with Gasteiger partial charge in [0.2, 0.25) is 0 Å². The minimum Gasteiger partial charge on any atom is -0.393 e. The SMILES string of the molecule is CC(Cc1ccccc1)C(O)C(C)Cc1ccccc1. The normalized spacial score (nSPS) is 15.6. The molecular weight excluding hydrogens is 244 g/mol. The average molecular weight is 268 g/mol. The van der Waals surface area contributed by atoms with Crippen LogP contribution in [0.4, 0.5) is 0 Å². The van der Waals surface area contributed by atoms with Crippen LogP contribution in [0.25, 0.3) is 0 Å². The van der Waals surface area contributed by atoms with E-state index < -0.39 is 0 Å². The van der Waals surface area contributed by atoms with Crippen molar-refractivity contribution < 1.29 is 5.11 Å². The van der Waals surface area contributed by atoms with Crippen LogP contribution < -0.4 is 0 Å². The van der Waals surface area contributed by atoms with Crippen molar-refractivity contribution in [2.75, 3.05) is 0 Å². The van der Waals surface area contributed by atoms with E-state index in [2.05, 4.69) is 62.4 Å². The van der Waals surface area contributed by atoms with Gasteiger partial charge in [-0.05, 0) is 35.8 Å². The molecule has 0 radical (unpaired) electrons. The fourth-order valence-corrected chi connectivity index (χ4v) is 2.77. The minimum absolute atomic E-state index is 0.268. The molecule has 0 aliphatic rings. The molecule has 0 saturated heterocycles. The van der Waals surface area contributed by atoms with Crippen LogP contribution in [0.1, 0.15) is 25.0 Å². The Labute approximate surface area is 122 Å². The van der Waals surface area contributed by atoms with Gasteiger partial charge in [0.15, 0.2) is 0 Å². The van der Waals surface area contributed by atoms with Crippen LogP contribution in [0, 0.1) is 11.8 Å². The summed E-state index contributed by atoms with van der Waals surface area (Å²) in [5.74, 6) is 0.548. The van der Waals surface area contributed by atoms with Gasteiger partial charge >= 0.3 is 0 Å². The van der Waals surface area contributed by atoms with E-state index in [0.717, 1.165) is 12.8 Å². The molecule has 2 unspecified atom stereocenters. The number of benzene rings is 2. The summed E-state index contributed by atoms with van der Waals surface area (Å²) < 4.78 is 0. The number of aliphatic hydroxyl groups excluding tert-OH is 1. The summed E-state index contributed by atoms with van der Waals surface area (Å²) in [6.07, 6.45) is 1.60. The fourth-order valence-electron chi connectivity index (χ4n) is 2.77. The lowest BCUT2D eigenvalue weighted by Gasteiger charge is -2.25. The number of hydrogen-bond donors (Lipinski definition) is 1. The standard InChI is InChI=1S/C19H24O/c1-15(13-17-9-5-3-6-10-17)19(20)16(2)14-18-11-7-4-8-12-18/h3-12,15-16,19-20H,13-14H2,1-2H3. The van der Waals surface area contributed by atoms with Crippen molar-refractivity contribution in [1.82, 2.24) is 0 Å². The molecule has 1 nitrogen and oxygen atoms in total. The van der Waals surface area contributed by atoms with Gasteiger partial charge in [0.1, 0.15) is 0 Å². The Morgan fingerprint density at radius 3 is 1.40 bits per heavy atom.